The third-order valence-corrected chi connectivity index (χ3v) is 6.26. The minimum Gasteiger partial charge on any atom is -0.488 e. The predicted molar refractivity (Wildman–Crippen MR) is 152 cm³/mol. The molecule has 1 heterocycles. The zero-order valence-electron chi connectivity index (χ0n) is 24.2. The van der Waals surface area contributed by atoms with E-state index >= 15 is 0 Å². The molecule has 42 heavy (non-hydrogen) atoms. The van der Waals surface area contributed by atoms with Gasteiger partial charge in [-0.15, -0.1) is 0 Å². The molecule has 0 aliphatic rings. The molecule has 0 saturated carbocycles. The molecule has 0 radical (unpaired) electrons. The Kier molecular flexibility index (Phi) is 10.7. The van der Waals surface area contributed by atoms with Crippen molar-refractivity contribution >= 4 is 22.9 Å². The number of hydrogen-bond donors (Lipinski definition) is 2. The molecular formula is C30H38F3N3O6. The first-order valence-electron chi connectivity index (χ1n) is 13.6. The topological polar surface area (TPSA) is 116 Å². The van der Waals surface area contributed by atoms with Crippen LogP contribution in [0.2, 0.25) is 0 Å². The van der Waals surface area contributed by atoms with Crippen molar-refractivity contribution in [2.45, 2.75) is 64.9 Å². The maximum Gasteiger partial charge on any atom is 0.422 e. The van der Waals surface area contributed by atoms with Crippen LogP contribution in [0.5, 0.6) is 11.5 Å². The maximum atomic E-state index is 13.2. The van der Waals surface area contributed by atoms with Crippen LogP contribution in [0.4, 0.5) is 18.0 Å². The number of aromatic nitrogens is 1. The van der Waals surface area contributed by atoms with E-state index in [-0.39, 0.29) is 31.3 Å². The van der Waals surface area contributed by atoms with Crippen LogP contribution in [0.15, 0.2) is 48.7 Å². The molecule has 0 aliphatic heterocycles. The molecule has 3 aromatic rings. The standard InChI is InChI=1S/C30H38F3N3O6/c1-20(16-21-17-22-10-12-35(11-7-14-37)26(22)23(18-21)27(34)38)36(28(39)42-29(2,3)4)13-15-40-24-8-5-6-9-25(24)41-19-30(31,32)33/h5-6,8-10,12,17-18,20,37H,7,11,13-16,19H2,1-4H3,(H2,34,38)/t20-/m1/s1. The number of nitrogens with zero attached hydrogens (tertiary/aromatic N) is 2. The number of benzene rings is 2. The fraction of sp³-hybridized carbons (Fsp3) is 0.467. The minimum atomic E-state index is -4.50. The quantitative estimate of drug-likeness (QED) is 0.278. The number of rotatable bonds is 13. The van der Waals surface area contributed by atoms with Crippen LogP contribution in [0, 0.1) is 0 Å². The number of aryl methyl sites for hydroxylation is 1. The van der Waals surface area contributed by atoms with Crippen molar-refractivity contribution in [2.24, 2.45) is 5.73 Å². The largest absolute Gasteiger partial charge is 0.488 e. The maximum absolute atomic E-state index is 13.2. The number of para-hydroxylation sites is 2. The van der Waals surface area contributed by atoms with Gasteiger partial charge in [0.05, 0.1) is 17.6 Å². The molecule has 0 spiro atoms. The second-order valence-corrected chi connectivity index (χ2v) is 11.0. The Bertz CT molecular complexity index is 1370. The highest BCUT2D eigenvalue weighted by molar-refractivity contribution is 6.05. The van der Waals surface area contributed by atoms with Gasteiger partial charge in [-0.05, 0) is 76.4 Å². The van der Waals surface area contributed by atoms with Crippen molar-refractivity contribution in [3.8, 4) is 11.5 Å². The summed E-state index contributed by atoms with van der Waals surface area (Å²) < 4.78 is 56.1. The zero-order valence-corrected chi connectivity index (χ0v) is 24.2. The number of halogens is 3. The lowest BCUT2D eigenvalue weighted by atomic mass is 10.00. The molecule has 230 valence electrons. The molecule has 0 fully saturated rings. The monoisotopic (exact) mass is 593 g/mol. The molecule has 0 unspecified atom stereocenters. The molecule has 2 aromatic carbocycles. The molecule has 9 nitrogen and oxygen atoms in total. The van der Waals surface area contributed by atoms with Gasteiger partial charge in [0.15, 0.2) is 18.1 Å². The van der Waals surface area contributed by atoms with E-state index in [0.29, 0.717) is 30.5 Å². The van der Waals surface area contributed by atoms with E-state index in [4.69, 9.17) is 19.9 Å². The van der Waals surface area contributed by atoms with Crippen LogP contribution in [0.25, 0.3) is 10.9 Å². The highest BCUT2D eigenvalue weighted by Crippen LogP contribution is 2.29. The second kappa shape index (κ2) is 13.8. The van der Waals surface area contributed by atoms with E-state index < -0.39 is 36.4 Å². The molecule has 0 saturated heterocycles. The van der Waals surface area contributed by atoms with Crippen LogP contribution in [0.1, 0.15) is 50.0 Å². The Balaban J connectivity index is 1.81. The van der Waals surface area contributed by atoms with Gasteiger partial charge in [-0.2, -0.15) is 13.2 Å². The summed E-state index contributed by atoms with van der Waals surface area (Å²) in [6.45, 7) is 6.14. The summed E-state index contributed by atoms with van der Waals surface area (Å²) in [5.74, 6) is -0.548. The smallest absolute Gasteiger partial charge is 0.422 e. The van der Waals surface area contributed by atoms with Crippen molar-refractivity contribution in [2.75, 3.05) is 26.4 Å². The summed E-state index contributed by atoms with van der Waals surface area (Å²) in [6.07, 6.45) is -2.39. The van der Waals surface area contributed by atoms with E-state index in [2.05, 4.69) is 0 Å². The van der Waals surface area contributed by atoms with E-state index in [1.54, 1.807) is 32.9 Å². The number of hydrogen-bond acceptors (Lipinski definition) is 6. The Labute approximate surface area is 242 Å². The van der Waals surface area contributed by atoms with Crippen LogP contribution < -0.4 is 15.2 Å². The number of carbonyl (C=O) groups is 2. The third kappa shape index (κ3) is 9.30. The fourth-order valence-electron chi connectivity index (χ4n) is 4.51. The lowest BCUT2D eigenvalue weighted by Gasteiger charge is -2.32. The summed E-state index contributed by atoms with van der Waals surface area (Å²) in [5.41, 5.74) is 6.72. The number of aliphatic hydroxyl groups excluding tert-OH is 1. The van der Waals surface area contributed by atoms with Gasteiger partial charge in [-0.3, -0.25) is 4.79 Å². The fourth-order valence-corrected chi connectivity index (χ4v) is 4.51. The number of primary amides is 1. The normalized spacial score (nSPS) is 12.7. The number of fused-ring (bicyclic) bond motifs is 1. The Morgan fingerprint density at radius 1 is 1.07 bits per heavy atom. The van der Waals surface area contributed by atoms with E-state index in [1.807, 2.05) is 29.8 Å². The first kappa shape index (κ1) is 32.6. The van der Waals surface area contributed by atoms with E-state index in [1.165, 1.54) is 23.1 Å². The number of nitrogens with two attached hydrogens (primary N) is 1. The van der Waals surface area contributed by atoms with E-state index in [0.717, 1.165) is 10.9 Å². The summed E-state index contributed by atoms with van der Waals surface area (Å²) in [7, 11) is 0. The first-order chi connectivity index (χ1) is 19.7. The van der Waals surface area contributed by atoms with Crippen molar-refractivity contribution in [1.82, 2.24) is 9.47 Å². The molecule has 3 rings (SSSR count). The Hall–Kier alpha value is -3.93. The van der Waals surface area contributed by atoms with Crippen LogP contribution in [0.3, 0.4) is 0 Å². The molecule has 0 aliphatic carbocycles. The highest BCUT2D eigenvalue weighted by atomic mass is 19.4. The minimum absolute atomic E-state index is 0.0115. The average molecular weight is 594 g/mol. The molecular weight excluding hydrogens is 555 g/mol. The highest BCUT2D eigenvalue weighted by Gasteiger charge is 2.29. The van der Waals surface area contributed by atoms with Gasteiger partial charge in [-0.1, -0.05) is 12.1 Å². The SMILES string of the molecule is C[C@H](Cc1cc(C(N)=O)c2c(ccn2CCCO)c1)N(CCOc1ccccc1OCC(F)(F)F)C(=O)OC(C)(C)C. The Morgan fingerprint density at radius 2 is 1.74 bits per heavy atom. The summed E-state index contributed by atoms with van der Waals surface area (Å²) >= 11 is 0. The average Bonchev–Trinajstić information content (AvgIpc) is 3.29. The van der Waals surface area contributed by atoms with Crippen LogP contribution in [-0.4, -0.2) is 70.8 Å². The number of aliphatic hydroxyl groups is 1. The summed E-state index contributed by atoms with van der Waals surface area (Å²) in [6, 6.07) is 11.1. The zero-order chi connectivity index (χ0) is 31.1. The Morgan fingerprint density at radius 3 is 2.33 bits per heavy atom. The molecule has 1 atom stereocenters. The number of ether oxygens (including phenoxy) is 3. The lowest BCUT2D eigenvalue weighted by molar-refractivity contribution is -0.153. The summed E-state index contributed by atoms with van der Waals surface area (Å²) in [4.78, 5) is 27.0. The molecule has 1 aromatic heterocycles. The second-order valence-electron chi connectivity index (χ2n) is 11.0. The predicted octanol–water partition coefficient (Wildman–Crippen LogP) is 5.31. The molecule has 12 heteroatoms. The lowest BCUT2D eigenvalue weighted by Crippen LogP contribution is -2.45. The third-order valence-electron chi connectivity index (χ3n) is 6.26. The van der Waals surface area contributed by atoms with Crippen molar-refractivity contribution in [3.63, 3.8) is 0 Å². The van der Waals surface area contributed by atoms with Crippen LogP contribution >= 0.6 is 0 Å². The molecule has 0 bridgehead atoms. The molecule has 2 amide bonds. The van der Waals surface area contributed by atoms with Gasteiger partial charge < -0.3 is 34.5 Å². The number of alkyl halides is 3. The summed E-state index contributed by atoms with van der Waals surface area (Å²) in [5, 5.41) is 10.0. The van der Waals surface area contributed by atoms with Crippen molar-refractivity contribution < 1.29 is 42.1 Å². The first-order valence-corrected chi connectivity index (χ1v) is 13.6. The van der Waals surface area contributed by atoms with Gasteiger partial charge in [-0.25, -0.2) is 4.79 Å². The van der Waals surface area contributed by atoms with Gasteiger partial charge in [0, 0.05) is 30.8 Å². The van der Waals surface area contributed by atoms with Crippen LogP contribution in [-0.2, 0) is 17.7 Å². The number of carbonyl (C=O) groups excluding carboxylic acids is 2. The van der Waals surface area contributed by atoms with Gasteiger partial charge in [0.1, 0.15) is 12.2 Å². The molecule has 3 N–H and O–H groups in total. The van der Waals surface area contributed by atoms with E-state index in [9.17, 15) is 27.9 Å². The van der Waals surface area contributed by atoms with Gasteiger partial charge >= 0.3 is 12.3 Å². The van der Waals surface area contributed by atoms with Gasteiger partial charge in [0.2, 0.25) is 0 Å². The van der Waals surface area contributed by atoms with Crippen molar-refractivity contribution in [1.29, 1.82) is 0 Å². The van der Waals surface area contributed by atoms with Gasteiger partial charge in [0.25, 0.3) is 5.91 Å². The number of amides is 2. The van der Waals surface area contributed by atoms with Crippen molar-refractivity contribution in [3.05, 3.63) is 59.8 Å².